The van der Waals surface area contributed by atoms with Gasteiger partial charge in [-0.2, -0.15) is 5.10 Å². The van der Waals surface area contributed by atoms with Gasteiger partial charge in [-0.25, -0.2) is 13.5 Å². The van der Waals surface area contributed by atoms with E-state index in [2.05, 4.69) is 10.4 Å². The van der Waals surface area contributed by atoms with Gasteiger partial charge in [0.15, 0.2) is 5.82 Å². The summed E-state index contributed by atoms with van der Waals surface area (Å²) in [6.07, 6.45) is 3.67. The molecule has 1 amide bonds. The summed E-state index contributed by atoms with van der Waals surface area (Å²) >= 11 is 0. The summed E-state index contributed by atoms with van der Waals surface area (Å²) in [4.78, 5) is 12.1. The summed E-state index contributed by atoms with van der Waals surface area (Å²) in [5.74, 6) is -1.87. The molecule has 0 aliphatic rings. The van der Waals surface area contributed by atoms with Crippen LogP contribution in [-0.2, 0) is 0 Å². The molecule has 0 aliphatic heterocycles. The molecule has 0 radical (unpaired) electrons. The highest BCUT2D eigenvalue weighted by Crippen LogP contribution is 2.15. The minimum absolute atomic E-state index is 0.0454. The average molecular weight is 323 g/mol. The van der Waals surface area contributed by atoms with E-state index in [0.717, 1.165) is 16.8 Å². The molecule has 0 saturated carbocycles. The number of rotatable bonds is 6. The van der Waals surface area contributed by atoms with Crippen LogP contribution in [0.1, 0.15) is 37.0 Å². The molecule has 124 valence electrons. The molecule has 0 spiro atoms. The highest BCUT2D eigenvalue weighted by atomic mass is 19.1. The second-order valence-electron chi connectivity index (χ2n) is 5.38. The van der Waals surface area contributed by atoms with Gasteiger partial charge in [0.1, 0.15) is 11.5 Å². The Kier molecular flexibility index (Phi) is 5.10. The summed E-state index contributed by atoms with van der Waals surface area (Å²) in [6.45, 7) is 3.80. The Morgan fingerprint density at radius 1 is 1.35 bits per heavy atom. The van der Waals surface area contributed by atoms with Crippen LogP contribution in [0.25, 0.3) is 5.69 Å². The van der Waals surface area contributed by atoms with E-state index in [9.17, 15) is 18.7 Å². The van der Waals surface area contributed by atoms with Crippen LogP contribution >= 0.6 is 0 Å². The number of aliphatic hydroxyl groups is 1. The minimum Gasteiger partial charge on any atom is -0.388 e. The first kappa shape index (κ1) is 17.1. The molecule has 7 heteroatoms. The molecule has 2 N–H and O–H groups in total. The van der Waals surface area contributed by atoms with E-state index in [4.69, 9.17) is 0 Å². The first-order chi connectivity index (χ1) is 10.9. The van der Waals surface area contributed by atoms with Gasteiger partial charge in [0.2, 0.25) is 0 Å². The van der Waals surface area contributed by atoms with Gasteiger partial charge >= 0.3 is 0 Å². The van der Waals surface area contributed by atoms with E-state index in [1.807, 2.05) is 13.8 Å². The van der Waals surface area contributed by atoms with Gasteiger partial charge in [-0.05, 0) is 25.0 Å². The summed E-state index contributed by atoms with van der Waals surface area (Å²) in [5.41, 5.74) is -0.679. The third kappa shape index (κ3) is 3.92. The Bertz CT molecular complexity index is 696. The largest absolute Gasteiger partial charge is 0.388 e. The lowest BCUT2D eigenvalue weighted by Crippen LogP contribution is -2.41. The van der Waals surface area contributed by atoms with Crippen molar-refractivity contribution in [2.24, 2.45) is 0 Å². The molecular formula is C16H19F2N3O2. The fraction of sp³-hybridized carbons (Fsp3) is 0.375. The van der Waals surface area contributed by atoms with Crippen LogP contribution in [-0.4, -0.2) is 32.9 Å². The number of amides is 1. The van der Waals surface area contributed by atoms with Crippen LogP contribution < -0.4 is 5.32 Å². The van der Waals surface area contributed by atoms with Crippen LogP contribution in [0, 0.1) is 11.6 Å². The van der Waals surface area contributed by atoms with Crippen molar-refractivity contribution < 1.29 is 18.7 Å². The summed E-state index contributed by atoms with van der Waals surface area (Å²) in [5, 5.41) is 16.7. The lowest BCUT2D eigenvalue weighted by atomic mass is 9.97. The van der Waals surface area contributed by atoms with Crippen LogP contribution in [0.15, 0.2) is 30.6 Å². The Balaban J connectivity index is 2.11. The number of aromatic nitrogens is 2. The molecule has 1 aromatic carbocycles. The van der Waals surface area contributed by atoms with Crippen LogP contribution in [0.3, 0.4) is 0 Å². The molecule has 23 heavy (non-hydrogen) atoms. The van der Waals surface area contributed by atoms with Crippen molar-refractivity contribution in [3.05, 3.63) is 47.8 Å². The molecule has 2 aromatic rings. The minimum atomic E-state index is -0.950. The van der Waals surface area contributed by atoms with Gasteiger partial charge in [0.05, 0.1) is 17.4 Å². The van der Waals surface area contributed by atoms with E-state index in [-0.39, 0.29) is 17.8 Å². The maximum Gasteiger partial charge on any atom is 0.254 e. The number of nitrogens with zero attached hydrogens (tertiary/aromatic N) is 2. The summed E-state index contributed by atoms with van der Waals surface area (Å²) in [7, 11) is 0. The molecule has 0 bridgehead atoms. The summed E-state index contributed by atoms with van der Waals surface area (Å²) < 4.78 is 27.8. The second kappa shape index (κ2) is 6.87. The Labute approximate surface area is 132 Å². The zero-order valence-corrected chi connectivity index (χ0v) is 13.0. The van der Waals surface area contributed by atoms with Crippen LogP contribution in [0.5, 0.6) is 0 Å². The van der Waals surface area contributed by atoms with E-state index >= 15 is 0 Å². The first-order valence-electron chi connectivity index (χ1n) is 7.39. The van der Waals surface area contributed by atoms with Crippen molar-refractivity contribution >= 4 is 5.91 Å². The van der Waals surface area contributed by atoms with E-state index in [1.54, 1.807) is 0 Å². The SMILES string of the molecule is CCC(O)(CC)CNC(=O)c1cnn(-c2ccc(F)cc2F)c1. The van der Waals surface area contributed by atoms with Crippen LogP contribution in [0.4, 0.5) is 8.78 Å². The predicted molar refractivity (Wildman–Crippen MR) is 81.3 cm³/mol. The van der Waals surface area contributed by atoms with Gasteiger partial charge in [0.25, 0.3) is 5.91 Å². The van der Waals surface area contributed by atoms with Crippen molar-refractivity contribution in [2.45, 2.75) is 32.3 Å². The van der Waals surface area contributed by atoms with E-state index in [1.165, 1.54) is 18.5 Å². The third-order valence-corrected chi connectivity index (χ3v) is 3.90. The van der Waals surface area contributed by atoms with E-state index < -0.39 is 23.1 Å². The predicted octanol–water partition coefficient (Wildman–Crippen LogP) is 2.43. The molecule has 0 atom stereocenters. The van der Waals surface area contributed by atoms with Gasteiger partial charge < -0.3 is 10.4 Å². The molecule has 0 aliphatic carbocycles. The zero-order valence-electron chi connectivity index (χ0n) is 13.0. The van der Waals surface area contributed by atoms with E-state index in [0.29, 0.717) is 12.8 Å². The van der Waals surface area contributed by atoms with Crippen molar-refractivity contribution in [3.8, 4) is 5.69 Å². The lowest BCUT2D eigenvalue weighted by Gasteiger charge is -2.25. The molecule has 0 saturated heterocycles. The van der Waals surface area contributed by atoms with Crippen molar-refractivity contribution in [1.29, 1.82) is 0 Å². The Morgan fingerprint density at radius 2 is 2.04 bits per heavy atom. The fourth-order valence-corrected chi connectivity index (χ4v) is 2.09. The van der Waals surface area contributed by atoms with Crippen molar-refractivity contribution in [1.82, 2.24) is 15.1 Å². The molecule has 1 heterocycles. The maximum atomic E-state index is 13.7. The first-order valence-corrected chi connectivity index (χ1v) is 7.39. The zero-order chi connectivity index (χ0) is 17.0. The number of carbonyl (C=O) groups excluding carboxylic acids is 1. The molecule has 5 nitrogen and oxygen atoms in total. The lowest BCUT2D eigenvalue weighted by molar-refractivity contribution is 0.0314. The monoisotopic (exact) mass is 323 g/mol. The number of carbonyl (C=O) groups is 1. The van der Waals surface area contributed by atoms with Gasteiger partial charge in [-0.1, -0.05) is 13.8 Å². The molecule has 0 unspecified atom stereocenters. The molecule has 1 aromatic heterocycles. The quantitative estimate of drug-likeness (QED) is 0.858. The molecule has 0 fully saturated rings. The van der Waals surface area contributed by atoms with Gasteiger partial charge in [-0.3, -0.25) is 4.79 Å². The van der Waals surface area contributed by atoms with Gasteiger partial charge in [0, 0.05) is 18.8 Å². The fourth-order valence-electron chi connectivity index (χ4n) is 2.09. The highest BCUT2D eigenvalue weighted by Gasteiger charge is 2.23. The molecule has 2 rings (SSSR count). The maximum absolute atomic E-state index is 13.7. The van der Waals surface area contributed by atoms with Crippen molar-refractivity contribution in [3.63, 3.8) is 0 Å². The topological polar surface area (TPSA) is 67.2 Å². The molecular weight excluding hydrogens is 304 g/mol. The highest BCUT2D eigenvalue weighted by molar-refractivity contribution is 5.93. The van der Waals surface area contributed by atoms with Crippen LogP contribution in [0.2, 0.25) is 0 Å². The number of benzene rings is 1. The average Bonchev–Trinajstić information content (AvgIpc) is 3.02. The Morgan fingerprint density at radius 3 is 2.65 bits per heavy atom. The number of hydrogen-bond acceptors (Lipinski definition) is 3. The van der Waals surface area contributed by atoms with Gasteiger partial charge in [-0.15, -0.1) is 0 Å². The number of nitrogens with one attached hydrogen (secondary N) is 1. The standard InChI is InChI=1S/C16H19F2N3O2/c1-3-16(23,4-2)10-19-15(22)11-8-20-21(9-11)14-6-5-12(17)7-13(14)18/h5-9,23H,3-4,10H2,1-2H3,(H,19,22). The Hall–Kier alpha value is -2.28. The number of hydrogen-bond donors (Lipinski definition) is 2. The smallest absolute Gasteiger partial charge is 0.254 e. The summed E-state index contributed by atoms with van der Waals surface area (Å²) in [6, 6.07) is 3.11. The van der Waals surface area contributed by atoms with Crippen molar-refractivity contribution in [2.75, 3.05) is 6.54 Å². The second-order valence-corrected chi connectivity index (χ2v) is 5.38. The third-order valence-electron chi connectivity index (χ3n) is 3.90. The number of halogens is 2. The normalized spacial score (nSPS) is 11.5.